The molecule has 1 heterocycles. The van der Waals surface area contributed by atoms with E-state index in [1.807, 2.05) is 0 Å². The standard InChI is InChI=1S/C14H24ClN5/c1-3-5-6-7-8-9-11-17-14-19-12(15)18-13(20-14)16-10-4-2/h4H,2-3,5-11H2,1H3,(H2,16,17,18,19,20). The highest BCUT2D eigenvalue weighted by molar-refractivity contribution is 6.28. The van der Waals surface area contributed by atoms with Crippen LogP contribution in [-0.2, 0) is 0 Å². The van der Waals surface area contributed by atoms with Crippen molar-refractivity contribution < 1.29 is 0 Å². The molecular weight excluding hydrogens is 274 g/mol. The summed E-state index contributed by atoms with van der Waals surface area (Å²) < 4.78 is 0. The summed E-state index contributed by atoms with van der Waals surface area (Å²) in [6.07, 6.45) is 9.30. The fraction of sp³-hybridized carbons (Fsp3) is 0.643. The molecule has 0 aliphatic carbocycles. The molecule has 2 N–H and O–H groups in total. The zero-order chi connectivity index (χ0) is 14.6. The minimum absolute atomic E-state index is 0.192. The maximum Gasteiger partial charge on any atom is 0.229 e. The van der Waals surface area contributed by atoms with Gasteiger partial charge in [0.2, 0.25) is 17.2 Å². The predicted octanol–water partition coefficient (Wildman–Crippen LogP) is 3.90. The van der Waals surface area contributed by atoms with Gasteiger partial charge in [-0.3, -0.25) is 0 Å². The van der Waals surface area contributed by atoms with Crippen LogP contribution >= 0.6 is 11.6 Å². The summed E-state index contributed by atoms with van der Waals surface area (Å²) in [5.74, 6) is 0.987. The van der Waals surface area contributed by atoms with Crippen LogP contribution in [0.3, 0.4) is 0 Å². The van der Waals surface area contributed by atoms with Gasteiger partial charge in [-0.25, -0.2) is 0 Å². The maximum atomic E-state index is 5.86. The summed E-state index contributed by atoms with van der Waals surface area (Å²) in [5.41, 5.74) is 0. The normalized spacial score (nSPS) is 10.3. The number of rotatable bonds is 11. The number of nitrogens with zero attached hydrogens (tertiary/aromatic N) is 3. The summed E-state index contributed by atoms with van der Waals surface area (Å²) >= 11 is 5.86. The van der Waals surface area contributed by atoms with E-state index in [-0.39, 0.29) is 5.28 Å². The molecule has 1 aromatic heterocycles. The molecule has 5 nitrogen and oxygen atoms in total. The summed E-state index contributed by atoms with van der Waals surface area (Å²) in [5, 5.41) is 6.37. The third-order valence-corrected chi connectivity index (χ3v) is 3.00. The molecule has 0 bridgehead atoms. The van der Waals surface area contributed by atoms with E-state index in [9.17, 15) is 0 Å². The highest BCUT2D eigenvalue weighted by Crippen LogP contribution is 2.10. The zero-order valence-electron chi connectivity index (χ0n) is 12.2. The number of hydrogen-bond acceptors (Lipinski definition) is 5. The van der Waals surface area contributed by atoms with E-state index >= 15 is 0 Å². The Morgan fingerprint density at radius 3 is 2.35 bits per heavy atom. The fourth-order valence-electron chi connectivity index (χ4n) is 1.78. The average molecular weight is 298 g/mol. The Balaban J connectivity index is 2.28. The van der Waals surface area contributed by atoms with Crippen molar-refractivity contribution in [2.45, 2.75) is 45.4 Å². The van der Waals surface area contributed by atoms with Gasteiger partial charge in [0.15, 0.2) is 0 Å². The molecule has 0 aliphatic rings. The summed E-state index contributed by atoms with van der Waals surface area (Å²) in [6, 6.07) is 0. The van der Waals surface area contributed by atoms with Crippen molar-refractivity contribution in [2.75, 3.05) is 23.7 Å². The Bertz CT molecular complexity index is 397. The summed E-state index contributed by atoms with van der Waals surface area (Å²) in [6.45, 7) is 7.30. The van der Waals surface area contributed by atoms with E-state index in [1.165, 1.54) is 32.1 Å². The molecule has 1 aromatic rings. The Labute approximate surface area is 126 Å². The fourth-order valence-corrected chi connectivity index (χ4v) is 1.94. The van der Waals surface area contributed by atoms with Crippen LogP contribution in [0.25, 0.3) is 0 Å². The third-order valence-electron chi connectivity index (χ3n) is 2.83. The first kappa shape index (κ1) is 16.7. The minimum atomic E-state index is 0.192. The lowest BCUT2D eigenvalue weighted by atomic mass is 10.1. The van der Waals surface area contributed by atoms with Gasteiger partial charge >= 0.3 is 0 Å². The Morgan fingerprint density at radius 1 is 1.00 bits per heavy atom. The predicted molar refractivity (Wildman–Crippen MR) is 85.4 cm³/mol. The molecule has 6 heteroatoms. The molecule has 0 spiro atoms. The second-order valence-electron chi connectivity index (χ2n) is 4.62. The second-order valence-corrected chi connectivity index (χ2v) is 4.95. The molecule has 0 aromatic carbocycles. The number of halogens is 1. The van der Waals surface area contributed by atoms with Gasteiger partial charge in [0.1, 0.15) is 0 Å². The number of unbranched alkanes of at least 4 members (excludes halogenated alkanes) is 5. The Hall–Kier alpha value is -1.36. The second kappa shape index (κ2) is 10.4. The Morgan fingerprint density at radius 2 is 1.65 bits per heavy atom. The molecule has 1 rings (SSSR count). The van der Waals surface area contributed by atoms with Crippen molar-refractivity contribution in [1.29, 1.82) is 0 Å². The SMILES string of the molecule is C=CCNc1nc(Cl)nc(NCCCCCCCC)n1. The topological polar surface area (TPSA) is 62.7 Å². The molecule has 0 saturated carbocycles. The zero-order valence-corrected chi connectivity index (χ0v) is 12.9. The van der Waals surface area contributed by atoms with Crippen LogP contribution in [0.4, 0.5) is 11.9 Å². The van der Waals surface area contributed by atoms with Gasteiger partial charge in [-0.1, -0.05) is 45.1 Å². The highest BCUT2D eigenvalue weighted by Gasteiger charge is 2.03. The molecule has 0 aliphatic heterocycles. The van der Waals surface area contributed by atoms with Crippen molar-refractivity contribution in [3.8, 4) is 0 Å². The lowest BCUT2D eigenvalue weighted by Gasteiger charge is -2.07. The van der Waals surface area contributed by atoms with Crippen LogP contribution in [0, 0.1) is 0 Å². The van der Waals surface area contributed by atoms with Crippen LogP contribution in [0.5, 0.6) is 0 Å². The largest absolute Gasteiger partial charge is 0.354 e. The van der Waals surface area contributed by atoms with E-state index in [0.29, 0.717) is 18.4 Å². The van der Waals surface area contributed by atoms with Crippen LogP contribution in [0.15, 0.2) is 12.7 Å². The number of nitrogens with one attached hydrogen (secondary N) is 2. The first-order valence-corrected chi connectivity index (χ1v) is 7.64. The Kier molecular flexibility index (Phi) is 8.71. The van der Waals surface area contributed by atoms with Crippen molar-refractivity contribution >= 4 is 23.5 Å². The van der Waals surface area contributed by atoms with E-state index in [0.717, 1.165) is 13.0 Å². The molecular formula is C14H24ClN5. The lowest BCUT2D eigenvalue weighted by molar-refractivity contribution is 0.616. The van der Waals surface area contributed by atoms with E-state index in [1.54, 1.807) is 6.08 Å². The van der Waals surface area contributed by atoms with Crippen molar-refractivity contribution in [3.05, 3.63) is 17.9 Å². The molecule has 0 unspecified atom stereocenters. The maximum absolute atomic E-state index is 5.86. The quantitative estimate of drug-likeness (QED) is 0.479. The first-order chi connectivity index (χ1) is 9.76. The van der Waals surface area contributed by atoms with E-state index in [4.69, 9.17) is 11.6 Å². The van der Waals surface area contributed by atoms with Crippen molar-refractivity contribution in [1.82, 2.24) is 15.0 Å². The monoisotopic (exact) mass is 297 g/mol. The lowest BCUT2D eigenvalue weighted by Crippen LogP contribution is -2.10. The van der Waals surface area contributed by atoms with Gasteiger partial charge in [0.05, 0.1) is 0 Å². The molecule has 0 atom stereocenters. The molecule has 112 valence electrons. The number of anilines is 2. The van der Waals surface area contributed by atoms with Gasteiger partial charge in [0.25, 0.3) is 0 Å². The molecule has 0 saturated heterocycles. The van der Waals surface area contributed by atoms with Crippen LogP contribution in [0.2, 0.25) is 5.28 Å². The number of hydrogen-bond donors (Lipinski definition) is 2. The van der Waals surface area contributed by atoms with Crippen LogP contribution in [-0.4, -0.2) is 28.0 Å². The smallest absolute Gasteiger partial charge is 0.229 e. The summed E-state index contributed by atoms with van der Waals surface area (Å²) in [4.78, 5) is 12.3. The highest BCUT2D eigenvalue weighted by atomic mass is 35.5. The molecule has 20 heavy (non-hydrogen) atoms. The van der Waals surface area contributed by atoms with Gasteiger partial charge in [-0.15, -0.1) is 6.58 Å². The van der Waals surface area contributed by atoms with Crippen molar-refractivity contribution in [3.63, 3.8) is 0 Å². The average Bonchev–Trinajstić information content (AvgIpc) is 2.43. The molecule has 0 fully saturated rings. The molecule has 0 amide bonds. The van der Waals surface area contributed by atoms with E-state index in [2.05, 4.69) is 39.1 Å². The summed E-state index contributed by atoms with van der Waals surface area (Å²) in [7, 11) is 0. The third kappa shape index (κ3) is 7.28. The minimum Gasteiger partial charge on any atom is -0.354 e. The van der Waals surface area contributed by atoms with Gasteiger partial charge in [-0.2, -0.15) is 15.0 Å². The van der Waals surface area contributed by atoms with Crippen LogP contribution < -0.4 is 10.6 Å². The molecule has 0 radical (unpaired) electrons. The van der Waals surface area contributed by atoms with Gasteiger partial charge in [-0.05, 0) is 18.0 Å². The van der Waals surface area contributed by atoms with Gasteiger partial charge in [0, 0.05) is 13.1 Å². The number of aromatic nitrogens is 3. The van der Waals surface area contributed by atoms with Crippen molar-refractivity contribution in [2.24, 2.45) is 0 Å². The first-order valence-electron chi connectivity index (χ1n) is 7.26. The van der Waals surface area contributed by atoms with E-state index < -0.39 is 0 Å². The van der Waals surface area contributed by atoms with Gasteiger partial charge < -0.3 is 10.6 Å². The van der Waals surface area contributed by atoms with Crippen LogP contribution in [0.1, 0.15) is 45.4 Å².